The Morgan fingerprint density at radius 1 is 1.29 bits per heavy atom. The average molecular weight is 334 g/mol. The number of urea groups is 1. The van der Waals surface area contributed by atoms with Crippen LogP contribution in [0, 0.1) is 5.92 Å². The molecule has 0 saturated heterocycles. The van der Waals surface area contributed by atoms with Gasteiger partial charge in [-0.3, -0.25) is 0 Å². The van der Waals surface area contributed by atoms with E-state index in [1.54, 1.807) is 11.9 Å². The number of ether oxygens (including phenoxy) is 1. The minimum atomic E-state index is -0.275. The number of aliphatic hydroxyl groups excluding tert-OH is 1. The Morgan fingerprint density at radius 3 is 2.58 bits per heavy atom. The Morgan fingerprint density at radius 2 is 1.96 bits per heavy atom. The molecule has 1 fully saturated rings. The third kappa shape index (κ3) is 5.71. The molecule has 24 heavy (non-hydrogen) atoms. The maximum atomic E-state index is 12.2. The van der Waals surface area contributed by atoms with Crippen LogP contribution in [0.2, 0.25) is 0 Å². The van der Waals surface area contributed by atoms with Gasteiger partial charge in [-0.05, 0) is 44.4 Å². The largest absolute Gasteiger partial charge is 0.491 e. The fourth-order valence-electron chi connectivity index (χ4n) is 3.11. The van der Waals surface area contributed by atoms with Gasteiger partial charge in [0.1, 0.15) is 5.75 Å². The van der Waals surface area contributed by atoms with E-state index in [4.69, 9.17) is 4.74 Å². The van der Waals surface area contributed by atoms with E-state index in [-0.39, 0.29) is 24.2 Å². The van der Waals surface area contributed by atoms with Gasteiger partial charge in [-0.1, -0.05) is 25.0 Å². The molecule has 0 aliphatic heterocycles. The second kappa shape index (κ2) is 8.92. The van der Waals surface area contributed by atoms with Crippen molar-refractivity contribution in [1.82, 2.24) is 10.2 Å². The lowest BCUT2D eigenvalue weighted by Crippen LogP contribution is -2.42. The van der Waals surface area contributed by atoms with Gasteiger partial charge in [0.15, 0.2) is 0 Å². The first-order valence-corrected chi connectivity index (χ1v) is 8.88. The van der Waals surface area contributed by atoms with Crippen LogP contribution in [0.1, 0.15) is 45.1 Å². The Hall–Kier alpha value is -1.75. The van der Waals surface area contributed by atoms with Crippen LogP contribution in [-0.4, -0.2) is 41.8 Å². The molecule has 2 amide bonds. The molecule has 1 aromatic rings. The van der Waals surface area contributed by atoms with Crippen LogP contribution in [0.25, 0.3) is 0 Å². The summed E-state index contributed by atoms with van der Waals surface area (Å²) >= 11 is 0. The van der Waals surface area contributed by atoms with Crippen molar-refractivity contribution >= 4 is 6.03 Å². The predicted molar refractivity (Wildman–Crippen MR) is 95.0 cm³/mol. The maximum Gasteiger partial charge on any atom is 0.317 e. The number of carbonyl (C=O) groups is 1. The summed E-state index contributed by atoms with van der Waals surface area (Å²) < 4.78 is 5.61. The van der Waals surface area contributed by atoms with E-state index in [0.717, 1.165) is 37.0 Å². The first-order valence-electron chi connectivity index (χ1n) is 8.88. The smallest absolute Gasteiger partial charge is 0.317 e. The van der Waals surface area contributed by atoms with E-state index in [1.165, 1.54) is 0 Å². The number of hydrogen-bond donors (Lipinski definition) is 2. The molecule has 2 rings (SSSR count). The van der Waals surface area contributed by atoms with Gasteiger partial charge >= 0.3 is 6.03 Å². The van der Waals surface area contributed by atoms with Crippen molar-refractivity contribution in [2.24, 2.45) is 5.92 Å². The van der Waals surface area contributed by atoms with E-state index in [1.807, 2.05) is 38.1 Å². The summed E-state index contributed by atoms with van der Waals surface area (Å²) in [7, 11) is 1.79. The lowest BCUT2D eigenvalue weighted by molar-refractivity contribution is 0.0565. The zero-order valence-corrected chi connectivity index (χ0v) is 15.0. The molecule has 5 heteroatoms. The lowest BCUT2D eigenvalue weighted by atomic mass is 9.86. The second-order valence-electron chi connectivity index (χ2n) is 6.96. The summed E-state index contributed by atoms with van der Waals surface area (Å²) in [6.45, 7) is 5.08. The highest BCUT2D eigenvalue weighted by atomic mass is 16.5. The highest BCUT2D eigenvalue weighted by Crippen LogP contribution is 2.24. The quantitative estimate of drug-likeness (QED) is 0.840. The van der Waals surface area contributed by atoms with Crippen LogP contribution in [0.3, 0.4) is 0 Å². The standard InChI is InChI=1S/C19H30N2O3/c1-14(2)24-17-10-8-15(9-11-17)12-20-19(23)21(3)13-16-6-4-5-7-18(16)22/h8-11,14,16,18,22H,4-7,12-13H2,1-3H3,(H,20,23). The summed E-state index contributed by atoms with van der Waals surface area (Å²) in [4.78, 5) is 13.9. The van der Waals surface area contributed by atoms with Gasteiger partial charge in [0, 0.05) is 26.1 Å². The maximum absolute atomic E-state index is 12.2. The number of benzene rings is 1. The molecular weight excluding hydrogens is 304 g/mol. The van der Waals surface area contributed by atoms with Gasteiger partial charge < -0.3 is 20.1 Å². The van der Waals surface area contributed by atoms with Gasteiger partial charge in [-0.2, -0.15) is 0 Å². The minimum absolute atomic E-state index is 0.102. The normalized spacial score (nSPS) is 20.7. The average Bonchev–Trinajstić information content (AvgIpc) is 2.55. The molecule has 1 saturated carbocycles. The number of aliphatic hydroxyl groups is 1. The number of nitrogens with zero attached hydrogens (tertiary/aromatic N) is 1. The zero-order valence-electron chi connectivity index (χ0n) is 15.0. The monoisotopic (exact) mass is 334 g/mol. The molecule has 0 spiro atoms. The summed E-state index contributed by atoms with van der Waals surface area (Å²) in [5.74, 6) is 1.03. The van der Waals surface area contributed by atoms with Crippen molar-refractivity contribution in [1.29, 1.82) is 0 Å². The van der Waals surface area contributed by atoms with E-state index in [2.05, 4.69) is 5.32 Å². The first-order chi connectivity index (χ1) is 11.5. The Balaban J connectivity index is 1.77. The van der Waals surface area contributed by atoms with Gasteiger partial charge in [0.25, 0.3) is 0 Å². The highest BCUT2D eigenvalue weighted by molar-refractivity contribution is 5.73. The van der Waals surface area contributed by atoms with Crippen molar-refractivity contribution in [2.45, 2.75) is 58.3 Å². The van der Waals surface area contributed by atoms with E-state index >= 15 is 0 Å². The third-order valence-corrected chi connectivity index (χ3v) is 4.46. The summed E-state index contributed by atoms with van der Waals surface area (Å²) in [5, 5.41) is 13.0. The number of nitrogens with one attached hydrogen (secondary N) is 1. The number of carbonyl (C=O) groups excluding carboxylic acids is 1. The van der Waals surface area contributed by atoms with E-state index < -0.39 is 0 Å². The van der Waals surface area contributed by atoms with Crippen molar-refractivity contribution < 1.29 is 14.6 Å². The van der Waals surface area contributed by atoms with Gasteiger partial charge in [-0.25, -0.2) is 4.79 Å². The molecular formula is C19H30N2O3. The van der Waals surface area contributed by atoms with Crippen molar-refractivity contribution in [2.75, 3.05) is 13.6 Å². The van der Waals surface area contributed by atoms with E-state index in [0.29, 0.717) is 13.1 Å². The summed E-state index contributed by atoms with van der Waals surface area (Å²) in [6, 6.07) is 7.66. The van der Waals surface area contributed by atoms with Crippen LogP contribution in [0.4, 0.5) is 4.79 Å². The number of amides is 2. The predicted octanol–water partition coefficient (Wildman–Crippen LogP) is 3.17. The fraction of sp³-hybridized carbons (Fsp3) is 0.632. The van der Waals surface area contributed by atoms with E-state index in [9.17, 15) is 9.90 Å². The highest BCUT2D eigenvalue weighted by Gasteiger charge is 2.25. The van der Waals surface area contributed by atoms with Gasteiger partial charge in [0.2, 0.25) is 0 Å². The third-order valence-electron chi connectivity index (χ3n) is 4.46. The van der Waals surface area contributed by atoms with Crippen LogP contribution in [0.15, 0.2) is 24.3 Å². The van der Waals surface area contributed by atoms with Crippen molar-refractivity contribution in [3.05, 3.63) is 29.8 Å². The molecule has 1 aliphatic rings. The molecule has 1 aliphatic carbocycles. The van der Waals surface area contributed by atoms with Crippen molar-refractivity contribution in [3.8, 4) is 5.75 Å². The molecule has 5 nitrogen and oxygen atoms in total. The summed E-state index contributed by atoms with van der Waals surface area (Å²) in [6.07, 6.45) is 3.95. The molecule has 0 radical (unpaired) electrons. The van der Waals surface area contributed by atoms with Crippen LogP contribution in [0.5, 0.6) is 5.75 Å². The Labute approximate surface area is 145 Å². The molecule has 2 N–H and O–H groups in total. The molecule has 0 bridgehead atoms. The van der Waals surface area contributed by atoms with Gasteiger partial charge in [0.05, 0.1) is 12.2 Å². The molecule has 0 aromatic heterocycles. The summed E-state index contributed by atoms with van der Waals surface area (Å²) in [5.41, 5.74) is 1.03. The van der Waals surface area contributed by atoms with Crippen LogP contribution in [-0.2, 0) is 6.54 Å². The SMILES string of the molecule is CC(C)Oc1ccc(CNC(=O)N(C)CC2CCCCC2O)cc1. The Bertz CT molecular complexity index is 516. The van der Waals surface area contributed by atoms with Crippen molar-refractivity contribution in [3.63, 3.8) is 0 Å². The number of hydrogen-bond acceptors (Lipinski definition) is 3. The molecule has 0 heterocycles. The second-order valence-corrected chi connectivity index (χ2v) is 6.96. The Kier molecular flexibility index (Phi) is 6.91. The number of rotatable bonds is 6. The first kappa shape index (κ1) is 18.6. The minimum Gasteiger partial charge on any atom is -0.491 e. The molecule has 2 unspecified atom stereocenters. The lowest BCUT2D eigenvalue weighted by Gasteiger charge is -2.31. The fourth-order valence-corrected chi connectivity index (χ4v) is 3.11. The molecule has 1 aromatic carbocycles. The van der Waals surface area contributed by atoms with Crippen LogP contribution < -0.4 is 10.1 Å². The van der Waals surface area contributed by atoms with Crippen LogP contribution >= 0.6 is 0 Å². The zero-order chi connectivity index (χ0) is 17.5. The van der Waals surface area contributed by atoms with Gasteiger partial charge in [-0.15, -0.1) is 0 Å². The molecule has 2 atom stereocenters. The molecule has 134 valence electrons. The topological polar surface area (TPSA) is 61.8 Å².